The number of alkyl halides is 3. The van der Waals surface area contributed by atoms with Crippen molar-refractivity contribution in [2.75, 3.05) is 7.11 Å². The van der Waals surface area contributed by atoms with E-state index in [1.165, 1.54) is 49.2 Å². The summed E-state index contributed by atoms with van der Waals surface area (Å²) in [7, 11) is 1.26. The summed E-state index contributed by atoms with van der Waals surface area (Å²) in [6.45, 7) is 0. The highest BCUT2D eigenvalue weighted by Crippen LogP contribution is 2.45. The first-order valence-electron chi connectivity index (χ1n) is 10.7. The Hall–Kier alpha value is -2.84. The number of halogens is 5. The highest BCUT2D eigenvalue weighted by atomic mass is 35.5. The van der Waals surface area contributed by atoms with E-state index >= 15 is 0 Å². The number of thioether (sulfide) groups is 1. The Morgan fingerprint density at radius 3 is 2.57 bits per heavy atom. The number of allylic oxidation sites excluding steroid dienone is 2. The second-order valence-electron chi connectivity index (χ2n) is 7.94. The Kier molecular flexibility index (Phi) is 7.52. The van der Waals surface area contributed by atoms with E-state index < -0.39 is 23.5 Å². The highest BCUT2D eigenvalue weighted by molar-refractivity contribution is 7.98. The van der Waals surface area contributed by atoms with Crippen molar-refractivity contribution in [1.82, 2.24) is 4.98 Å². The molecule has 3 nitrogen and oxygen atoms in total. The topological polar surface area (TPSA) is 39.2 Å². The molecule has 0 amide bonds. The molecule has 0 saturated carbocycles. The minimum absolute atomic E-state index is 0.133. The number of methoxy groups -OCH3 is 1. The van der Waals surface area contributed by atoms with Crippen molar-refractivity contribution in [3.05, 3.63) is 93.5 Å². The molecule has 0 atom stereocenters. The van der Waals surface area contributed by atoms with Crippen LogP contribution in [0.2, 0.25) is 5.02 Å². The molecule has 0 spiro atoms. The van der Waals surface area contributed by atoms with Crippen LogP contribution in [-0.2, 0) is 16.7 Å². The number of carbonyl (C=O) groups excluding carboxylic acids is 1. The number of hydrogen-bond donors (Lipinski definition) is 0. The van der Waals surface area contributed by atoms with Crippen molar-refractivity contribution in [3.8, 4) is 0 Å². The van der Waals surface area contributed by atoms with Gasteiger partial charge in [-0.05, 0) is 84.0 Å². The lowest BCUT2D eigenvalue weighted by atomic mass is 9.97. The van der Waals surface area contributed by atoms with Crippen molar-refractivity contribution in [1.29, 1.82) is 0 Å². The van der Waals surface area contributed by atoms with Crippen LogP contribution >= 0.6 is 23.4 Å². The van der Waals surface area contributed by atoms with Gasteiger partial charge in [0.1, 0.15) is 11.5 Å². The highest BCUT2D eigenvalue weighted by Gasteiger charge is 2.32. The molecule has 1 aromatic heterocycles. The summed E-state index contributed by atoms with van der Waals surface area (Å²) in [6, 6.07) is 12.7. The molecule has 1 aliphatic carbocycles. The van der Waals surface area contributed by atoms with E-state index in [-0.39, 0.29) is 10.7 Å². The number of esters is 1. The van der Waals surface area contributed by atoms with Gasteiger partial charge in [0.05, 0.1) is 18.4 Å². The summed E-state index contributed by atoms with van der Waals surface area (Å²) in [5.74, 6) is -0.684. The van der Waals surface area contributed by atoms with Gasteiger partial charge in [-0.3, -0.25) is 0 Å². The van der Waals surface area contributed by atoms with Crippen molar-refractivity contribution >= 4 is 40.5 Å². The lowest BCUT2D eigenvalue weighted by molar-refractivity contribution is -0.137. The number of benzene rings is 2. The first kappa shape index (κ1) is 25.3. The standard InChI is InChI=1S/C26H20ClF4NO2S/c1-34-25(33)23-7-3-6-22(32-23)19-5-2-4-18(19)20-12-16(26(29,30)31)9-11-24(20)35-14-15-8-10-17(28)13-21(15)27/h3,6-13H,2,4-5,14H2,1H3. The van der Waals surface area contributed by atoms with Gasteiger partial charge in [-0.1, -0.05) is 23.7 Å². The summed E-state index contributed by atoms with van der Waals surface area (Å²) in [5.41, 5.74) is 2.64. The predicted molar refractivity (Wildman–Crippen MR) is 129 cm³/mol. The molecule has 1 aliphatic rings. The average Bonchev–Trinajstić information content (AvgIpc) is 3.32. The second kappa shape index (κ2) is 10.4. The van der Waals surface area contributed by atoms with Crippen LogP contribution in [0, 0.1) is 5.82 Å². The number of pyridine rings is 1. The number of aromatic nitrogens is 1. The van der Waals surface area contributed by atoms with Gasteiger partial charge in [0, 0.05) is 15.7 Å². The molecule has 182 valence electrons. The fraction of sp³-hybridized carbons (Fsp3) is 0.231. The Bertz CT molecular complexity index is 1310. The van der Waals surface area contributed by atoms with Crippen LogP contribution in [0.15, 0.2) is 59.5 Å². The first-order chi connectivity index (χ1) is 16.7. The van der Waals surface area contributed by atoms with E-state index in [1.807, 2.05) is 0 Å². The third-order valence-corrected chi connectivity index (χ3v) is 7.18. The molecule has 0 saturated heterocycles. The first-order valence-corrected chi connectivity index (χ1v) is 12.1. The molecule has 0 aliphatic heterocycles. The predicted octanol–water partition coefficient (Wildman–Crippen LogP) is 8.07. The molecule has 0 bridgehead atoms. The van der Waals surface area contributed by atoms with Crippen molar-refractivity contribution < 1.29 is 27.1 Å². The van der Waals surface area contributed by atoms with Gasteiger partial charge < -0.3 is 4.74 Å². The maximum absolute atomic E-state index is 13.6. The van der Waals surface area contributed by atoms with Gasteiger partial charge in [-0.25, -0.2) is 14.2 Å². The molecule has 0 unspecified atom stereocenters. The van der Waals surface area contributed by atoms with Crippen molar-refractivity contribution in [3.63, 3.8) is 0 Å². The molecular formula is C26H20ClF4NO2S. The van der Waals surface area contributed by atoms with Gasteiger partial charge in [-0.2, -0.15) is 13.2 Å². The van der Waals surface area contributed by atoms with Crippen LogP contribution in [-0.4, -0.2) is 18.1 Å². The SMILES string of the molecule is COC(=O)c1cccc(C2=C(c3cc(C(F)(F)F)ccc3SCc3ccc(F)cc3Cl)CCC2)n1. The number of rotatable bonds is 6. The van der Waals surface area contributed by atoms with Crippen molar-refractivity contribution in [2.45, 2.75) is 36.1 Å². The zero-order chi connectivity index (χ0) is 25.2. The molecule has 0 radical (unpaired) electrons. The van der Waals surface area contributed by atoms with Gasteiger partial charge in [0.25, 0.3) is 0 Å². The van der Waals surface area contributed by atoms with Crippen LogP contribution in [0.25, 0.3) is 11.1 Å². The molecule has 35 heavy (non-hydrogen) atoms. The largest absolute Gasteiger partial charge is 0.464 e. The van der Waals surface area contributed by atoms with E-state index in [0.29, 0.717) is 40.3 Å². The molecule has 3 aromatic rings. The molecule has 0 N–H and O–H groups in total. The van der Waals surface area contributed by atoms with E-state index in [9.17, 15) is 22.4 Å². The van der Waals surface area contributed by atoms with Gasteiger partial charge in [-0.15, -0.1) is 11.8 Å². The lowest BCUT2D eigenvalue weighted by Gasteiger charge is -2.16. The summed E-state index contributed by atoms with van der Waals surface area (Å²) < 4.78 is 58.9. The maximum atomic E-state index is 13.6. The second-order valence-corrected chi connectivity index (χ2v) is 9.37. The molecule has 2 aromatic carbocycles. The molecule has 4 rings (SSSR count). The van der Waals surface area contributed by atoms with Gasteiger partial charge in [0.15, 0.2) is 0 Å². The van der Waals surface area contributed by atoms with Crippen LogP contribution in [0.5, 0.6) is 0 Å². The summed E-state index contributed by atoms with van der Waals surface area (Å²) in [6.07, 6.45) is -2.55. The third-order valence-electron chi connectivity index (χ3n) is 5.70. The number of ether oxygens (including phenoxy) is 1. The zero-order valence-electron chi connectivity index (χ0n) is 18.6. The zero-order valence-corrected chi connectivity index (χ0v) is 20.2. The minimum Gasteiger partial charge on any atom is -0.464 e. The normalized spacial score (nSPS) is 13.9. The third kappa shape index (κ3) is 5.70. The summed E-state index contributed by atoms with van der Waals surface area (Å²) in [5, 5.41) is 0.260. The smallest absolute Gasteiger partial charge is 0.416 e. The van der Waals surface area contributed by atoms with Crippen LogP contribution in [0.3, 0.4) is 0 Å². The number of hydrogen-bond acceptors (Lipinski definition) is 4. The molecule has 1 heterocycles. The Labute approximate surface area is 209 Å². The monoisotopic (exact) mass is 521 g/mol. The Balaban J connectivity index is 1.78. The fourth-order valence-corrected chi connectivity index (χ4v) is 5.38. The van der Waals surface area contributed by atoms with E-state index in [0.717, 1.165) is 23.6 Å². The minimum atomic E-state index is -4.50. The van der Waals surface area contributed by atoms with Crippen LogP contribution in [0.1, 0.15) is 52.1 Å². The summed E-state index contributed by atoms with van der Waals surface area (Å²) in [4.78, 5) is 17.0. The van der Waals surface area contributed by atoms with Gasteiger partial charge in [0.2, 0.25) is 0 Å². The van der Waals surface area contributed by atoms with E-state index in [1.54, 1.807) is 18.2 Å². The van der Waals surface area contributed by atoms with E-state index in [2.05, 4.69) is 4.98 Å². The van der Waals surface area contributed by atoms with Crippen molar-refractivity contribution in [2.24, 2.45) is 0 Å². The quantitative estimate of drug-likeness (QED) is 0.187. The maximum Gasteiger partial charge on any atom is 0.416 e. The lowest BCUT2D eigenvalue weighted by Crippen LogP contribution is -2.07. The van der Waals surface area contributed by atoms with E-state index in [4.69, 9.17) is 16.3 Å². The molecule has 9 heteroatoms. The average molecular weight is 522 g/mol. The number of nitrogens with zero attached hydrogens (tertiary/aromatic N) is 1. The molecular weight excluding hydrogens is 502 g/mol. The van der Waals surface area contributed by atoms with Gasteiger partial charge >= 0.3 is 12.1 Å². The van der Waals surface area contributed by atoms with Crippen LogP contribution in [0.4, 0.5) is 17.6 Å². The Morgan fingerprint density at radius 1 is 1.09 bits per heavy atom. The molecule has 0 fully saturated rings. The number of carbonyl (C=O) groups is 1. The Morgan fingerprint density at radius 2 is 1.86 bits per heavy atom. The summed E-state index contributed by atoms with van der Waals surface area (Å²) >= 11 is 7.48. The fourth-order valence-electron chi connectivity index (χ4n) is 4.01. The van der Waals surface area contributed by atoms with Crippen LogP contribution < -0.4 is 0 Å².